The Kier molecular flexibility index (Phi) is 4.23. The summed E-state index contributed by atoms with van der Waals surface area (Å²) < 4.78 is 19.2. The van der Waals surface area contributed by atoms with Crippen LogP contribution in [0, 0.1) is 12.7 Å². The molecule has 0 bridgehead atoms. The zero-order valence-electron chi connectivity index (χ0n) is 14.6. The van der Waals surface area contributed by atoms with Crippen LogP contribution in [0.1, 0.15) is 33.4 Å². The van der Waals surface area contributed by atoms with Crippen LogP contribution in [-0.2, 0) is 6.42 Å². The third-order valence-corrected chi connectivity index (χ3v) is 5.24. The highest BCUT2D eigenvalue weighted by molar-refractivity contribution is 7.11. The van der Waals surface area contributed by atoms with Gasteiger partial charge < -0.3 is 15.8 Å². The van der Waals surface area contributed by atoms with Gasteiger partial charge in [-0.15, -0.1) is 0 Å². The zero-order valence-corrected chi connectivity index (χ0v) is 15.4. The minimum atomic E-state index is -0.461. The molecule has 3 N–H and O–H groups in total. The number of fused-ring (bicyclic) bond motifs is 1. The van der Waals surface area contributed by atoms with Gasteiger partial charge >= 0.3 is 0 Å². The van der Waals surface area contributed by atoms with Crippen molar-refractivity contribution >= 4 is 23.2 Å². The largest absolute Gasteiger partial charge is 0.473 e. The number of nitrogen functional groups attached to an aromatic ring is 1. The first-order valence-electron chi connectivity index (χ1n) is 8.19. The van der Waals surface area contributed by atoms with Gasteiger partial charge in [0.1, 0.15) is 5.82 Å². The fraction of sp³-hybridized carbons (Fsp3) is 0.222. The van der Waals surface area contributed by atoms with Gasteiger partial charge in [-0.25, -0.2) is 19.3 Å². The molecule has 7 nitrogen and oxygen atoms in total. The highest BCUT2D eigenvalue weighted by atomic mass is 32.1. The van der Waals surface area contributed by atoms with E-state index in [1.54, 1.807) is 20.1 Å². The van der Waals surface area contributed by atoms with Crippen molar-refractivity contribution in [3.8, 4) is 16.5 Å². The van der Waals surface area contributed by atoms with Gasteiger partial charge in [0.15, 0.2) is 0 Å². The van der Waals surface area contributed by atoms with Gasteiger partial charge in [-0.3, -0.25) is 4.79 Å². The molecule has 3 heterocycles. The normalized spacial score (nSPS) is 16.0. The standard InChI is InChI=1S/C18H16FN5O2S/c1-8-15-13(23-17(20)21-8)6-12(22-16(15)25)11-5-9(19)3-4-10(11)14-7-27-18(24-14)26-2/h3-5,7,12H,6H2,1-2H3,(H,22,25)(H2,20,21,23). The number of carbonyl (C=O) groups excluding carboxylic acids is 1. The summed E-state index contributed by atoms with van der Waals surface area (Å²) in [6.45, 7) is 1.71. The maximum absolute atomic E-state index is 14.0. The Morgan fingerprint density at radius 2 is 2.15 bits per heavy atom. The number of anilines is 1. The van der Waals surface area contributed by atoms with E-state index >= 15 is 0 Å². The maximum atomic E-state index is 14.0. The van der Waals surface area contributed by atoms with Crippen LogP contribution in [0.4, 0.5) is 10.3 Å². The monoisotopic (exact) mass is 385 g/mol. The lowest BCUT2D eigenvalue weighted by molar-refractivity contribution is 0.0922. The number of thiazole rings is 1. The van der Waals surface area contributed by atoms with Crippen LogP contribution >= 0.6 is 11.3 Å². The van der Waals surface area contributed by atoms with E-state index in [1.165, 1.54) is 23.5 Å². The first kappa shape index (κ1) is 17.3. The summed E-state index contributed by atoms with van der Waals surface area (Å²) in [5, 5.41) is 5.27. The number of nitrogens with two attached hydrogens (primary N) is 1. The number of rotatable bonds is 3. The number of carbonyl (C=O) groups is 1. The second-order valence-electron chi connectivity index (χ2n) is 6.15. The Morgan fingerprint density at radius 1 is 1.33 bits per heavy atom. The number of benzene rings is 1. The van der Waals surface area contributed by atoms with Crippen molar-refractivity contribution in [3.05, 3.63) is 51.9 Å². The molecule has 0 radical (unpaired) electrons. The van der Waals surface area contributed by atoms with E-state index in [9.17, 15) is 9.18 Å². The number of hydrogen-bond acceptors (Lipinski definition) is 7. The number of halogens is 1. The van der Waals surface area contributed by atoms with Crippen molar-refractivity contribution in [1.82, 2.24) is 20.3 Å². The van der Waals surface area contributed by atoms with Gasteiger partial charge in [-0.2, -0.15) is 0 Å². The molecule has 1 aliphatic heterocycles. The first-order valence-corrected chi connectivity index (χ1v) is 9.07. The SMILES string of the molecule is COc1nc(-c2ccc(F)cc2C2Cc3nc(N)nc(C)c3C(=O)N2)cs1. The Hall–Kier alpha value is -3.07. The van der Waals surface area contributed by atoms with Gasteiger partial charge in [-0.05, 0) is 30.7 Å². The van der Waals surface area contributed by atoms with Gasteiger partial charge in [0.2, 0.25) is 5.95 Å². The number of nitrogens with zero attached hydrogens (tertiary/aromatic N) is 3. The molecule has 4 rings (SSSR count). The number of aromatic nitrogens is 3. The van der Waals surface area contributed by atoms with Crippen LogP contribution in [0.5, 0.6) is 5.19 Å². The highest BCUT2D eigenvalue weighted by Crippen LogP contribution is 2.35. The summed E-state index contributed by atoms with van der Waals surface area (Å²) in [6.07, 6.45) is 0.381. The lowest BCUT2D eigenvalue weighted by atomic mass is 9.90. The average Bonchev–Trinajstić information content (AvgIpc) is 3.09. The molecule has 1 atom stereocenters. The molecule has 138 valence electrons. The zero-order chi connectivity index (χ0) is 19.1. The quantitative estimate of drug-likeness (QED) is 0.718. The van der Waals surface area contributed by atoms with E-state index in [0.717, 1.165) is 5.56 Å². The van der Waals surface area contributed by atoms with Crippen molar-refractivity contribution in [1.29, 1.82) is 0 Å². The molecule has 2 aromatic heterocycles. The third kappa shape index (κ3) is 3.10. The number of methoxy groups -OCH3 is 1. The molecule has 0 saturated carbocycles. The fourth-order valence-electron chi connectivity index (χ4n) is 3.29. The molecule has 1 aliphatic rings. The number of aryl methyl sites for hydroxylation is 1. The molecule has 3 aromatic rings. The molecule has 0 fully saturated rings. The Labute approximate surface area is 158 Å². The molecule has 9 heteroatoms. The first-order chi connectivity index (χ1) is 13.0. The van der Waals surface area contributed by atoms with Crippen LogP contribution in [-0.4, -0.2) is 28.0 Å². The van der Waals surface area contributed by atoms with Crippen molar-refractivity contribution < 1.29 is 13.9 Å². The summed E-state index contributed by atoms with van der Waals surface area (Å²) in [4.78, 5) is 25.3. The van der Waals surface area contributed by atoms with Crippen LogP contribution in [0.2, 0.25) is 0 Å². The van der Waals surface area contributed by atoms with E-state index in [0.29, 0.717) is 39.8 Å². The second-order valence-corrected chi connectivity index (χ2v) is 6.97. The number of ether oxygens (including phenoxy) is 1. The van der Waals surface area contributed by atoms with Crippen LogP contribution in [0.15, 0.2) is 23.6 Å². The van der Waals surface area contributed by atoms with E-state index in [1.807, 2.05) is 5.38 Å². The van der Waals surface area contributed by atoms with E-state index in [4.69, 9.17) is 10.5 Å². The molecule has 0 spiro atoms. The Morgan fingerprint density at radius 3 is 2.89 bits per heavy atom. The minimum absolute atomic E-state index is 0.114. The highest BCUT2D eigenvalue weighted by Gasteiger charge is 2.31. The van der Waals surface area contributed by atoms with E-state index < -0.39 is 11.9 Å². The number of hydrogen-bond donors (Lipinski definition) is 2. The number of nitrogens with one attached hydrogen (secondary N) is 1. The molecular formula is C18H16FN5O2S. The molecule has 1 amide bonds. The lowest BCUT2D eigenvalue weighted by Gasteiger charge is -2.27. The maximum Gasteiger partial charge on any atom is 0.273 e. The minimum Gasteiger partial charge on any atom is -0.473 e. The molecule has 0 saturated heterocycles. The number of amides is 1. The predicted molar refractivity (Wildman–Crippen MR) is 99.2 cm³/mol. The topological polar surface area (TPSA) is 103 Å². The smallest absolute Gasteiger partial charge is 0.273 e. The summed E-state index contributed by atoms with van der Waals surface area (Å²) in [6, 6.07) is 3.97. The predicted octanol–water partition coefficient (Wildman–Crippen LogP) is 2.67. The summed E-state index contributed by atoms with van der Waals surface area (Å²) in [5.41, 5.74) is 9.25. The Bertz CT molecular complexity index is 1050. The average molecular weight is 385 g/mol. The van der Waals surface area contributed by atoms with E-state index in [2.05, 4.69) is 20.3 Å². The van der Waals surface area contributed by atoms with Gasteiger partial charge in [0.05, 0.1) is 35.8 Å². The lowest BCUT2D eigenvalue weighted by Crippen LogP contribution is -2.37. The Balaban J connectivity index is 1.80. The van der Waals surface area contributed by atoms with E-state index in [-0.39, 0.29) is 11.9 Å². The van der Waals surface area contributed by atoms with Crippen molar-refractivity contribution in [3.63, 3.8) is 0 Å². The van der Waals surface area contributed by atoms with Gasteiger partial charge in [0.25, 0.3) is 11.1 Å². The molecule has 27 heavy (non-hydrogen) atoms. The van der Waals surface area contributed by atoms with Crippen molar-refractivity contribution in [2.75, 3.05) is 12.8 Å². The summed E-state index contributed by atoms with van der Waals surface area (Å²) >= 11 is 1.35. The molecule has 1 unspecified atom stereocenters. The third-order valence-electron chi connectivity index (χ3n) is 4.43. The van der Waals surface area contributed by atoms with Crippen LogP contribution < -0.4 is 15.8 Å². The van der Waals surface area contributed by atoms with Crippen molar-refractivity contribution in [2.45, 2.75) is 19.4 Å². The molecule has 0 aliphatic carbocycles. The molecular weight excluding hydrogens is 369 g/mol. The van der Waals surface area contributed by atoms with Crippen molar-refractivity contribution in [2.24, 2.45) is 0 Å². The fourth-order valence-corrected chi connectivity index (χ4v) is 3.93. The summed E-state index contributed by atoms with van der Waals surface area (Å²) in [7, 11) is 1.54. The molecule has 1 aromatic carbocycles. The van der Waals surface area contributed by atoms with Crippen LogP contribution in [0.3, 0.4) is 0 Å². The van der Waals surface area contributed by atoms with Gasteiger partial charge in [0, 0.05) is 17.4 Å². The second kappa shape index (κ2) is 6.58. The van der Waals surface area contributed by atoms with Gasteiger partial charge in [-0.1, -0.05) is 11.3 Å². The summed E-state index contributed by atoms with van der Waals surface area (Å²) in [5.74, 6) is -0.581. The van der Waals surface area contributed by atoms with Crippen LogP contribution in [0.25, 0.3) is 11.3 Å².